The van der Waals surface area contributed by atoms with E-state index in [0.717, 1.165) is 0 Å². The molecule has 55 valence electrons. The van der Waals surface area contributed by atoms with Crippen molar-refractivity contribution in [2.75, 3.05) is 6.23 Å². The second kappa shape index (κ2) is 3.50. The maximum Gasteiger partial charge on any atom is 0.229 e. The Morgan fingerprint density at radius 2 is 1.89 bits per heavy atom. The van der Waals surface area contributed by atoms with Gasteiger partial charge in [-0.05, 0) is 26.2 Å². The molecule has 0 unspecified atom stereocenters. The van der Waals surface area contributed by atoms with Gasteiger partial charge in [-0.2, -0.15) is 0 Å². The first-order chi connectivity index (χ1) is 3.92. The molecule has 0 heterocycles. The second-order valence-corrected chi connectivity index (χ2v) is 9.41. The summed E-state index contributed by atoms with van der Waals surface area (Å²) < 4.78 is 5.42. The van der Waals surface area contributed by atoms with Crippen molar-refractivity contribution in [2.24, 2.45) is 0 Å². The fourth-order valence-corrected chi connectivity index (χ4v) is 2.89. The molecule has 0 fully saturated rings. The van der Waals surface area contributed by atoms with E-state index in [2.05, 4.69) is 19.6 Å². The summed E-state index contributed by atoms with van der Waals surface area (Å²) in [6.45, 7) is 8.21. The third-order valence-electron chi connectivity index (χ3n) is 0.714. The van der Waals surface area contributed by atoms with Crippen LogP contribution in [0.15, 0.2) is 0 Å². The monoisotopic (exact) mass is 163 g/mol. The van der Waals surface area contributed by atoms with Crippen molar-refractivity contribution < 1.29 is 9.22 Å². The van der Waals surface area contributed by atoms with Crippen LogP contribution in [0.4, 0.5) is 0 Å². The Labute approximate surface area is 59.7 Å². The van der Waals surface area contributed by atoms with Crippen LogP contribution >= 0.6 is 0 Å². The summed E-state index contributed by atoms with van der Waals surface area (Å²) >= 11 is 0. The fourth-order valence-electron chi connectivity index (χ4n) is 0.321. The van der Waals surface area contributed by atoms with Gasteiger partial charge in [0.05, 0.1) is 6.23 Å². The Hall–Kier alpha value is 0.354. The van der Waals surface area contributed by atoms with Gasteiger partial charge < -0.3 is 9.22 Å². The Balaban J connectivity index is 3.28. The van der Waals surface area contributed by atoms with Gasteiger partial charge in [0.1, 0.15) is 0 Å². The minimum atomic E-state index is -1.35. The topological polar surface area (TPSA) is 29.5 Å². The molecule has 1 radical (unpaired) electrons. The van der Waals surface area contributed by atoms with Gasteiger partial charge in [0.2, 0.25) is 9.04 Å². The van der Waals surface area contributed by atoms with E-state index in [1.54, 1.807) is 0 Å². The van der Waals surface area contributed by atoms with E-state index >= 15 is 0 Å². The lowest BCUT2D eigenvalue weighted by Crippen LogP contribution is -2.31. The molecule has 9 heavy (non-hydrogen) atoms. The molecule has 0 aromatic carbocycles. The molecular formula is C5H15O2Si2. The van der Waals surface area contributed by atoms with Crippen molar-refractivity contribution in [3.05, 3.63) is 0 Å². The van der Waals surface area contributed by atoms with Gasteiger partial charge in [-0.25, -0.2) is 0 Å². The lowest BCUT2D eigenvalue weighted by molar-refractivity contribution is 0.354. The highest BCUT2D eigenvalue weighted by Crippen LogP contribution is 2.01. The largest absolute Gasteiger partial charge is 0.429 e. The maximum atomic E-state index is 8.91. The van der Waals surface area contributed by atoms with Crippen molar-refractivity contribution >= 4 is 17.4 Å². The van der Waals surface area contributed by atoms with Crippen molar-refractivity contribution in [3.8, 4) is 0 Å². The number of hydrogen-bond donors (Lipinski definition) is 1. The zero-order valence-corrected chi connectivity index (χ0v) is 8.56. The van der Waals surface area contributed by atoms with Crippen molar-refractivity contribution in [1.29, 1.82) is 0 Å². The molecule has 0 saturated heterocycles. The van der Waals surface area contributed by atoms with E-state index in [1.165, 1.54) is 0 Å². The molecule has 0 aliphatic heterocycles. The SMILES string of the molecule is C[Si](O)CO[Si](C)(C)C. The zero-order valence-electron chi connectivity index (χ0n) is 6.56. The van der Waals surface area contributed by atoms with Crippen molar-refractivity contribution in [2.45, 2.75) is 26.2 Å². The quantitative estimate of drug-likeness (QED) is 0.629. The van der Waals surface area contributed by atoms with Crippen LogP contribution < -0.4 is 0 Å². The van der Waals surface area contributed by atoms with Crippen LogP contribution in [0.1, 0.15) is 0 Å². The van der Waals surface area contributed by atoms with Gasteiger partial charge in [-0.3, -0.25) is 0 Å². The molecule has 0 aliphatic rings. The Kier molecular flexibility index (Phi) is 3.64. The molecule has 4 heteroatoms. The van der Waals surface area contributed by atoms with Gasteiger partial charge in [0, 0.05) is 0 Å². The van der Waals surface area contributed by atoms with E-state index in [-0.39, 0.29) is 0 Å². The van der Waals surface area contributed by atoms with Crippen LogP contribution in [0, 0.1) is 0 Å². The summed E-state index contributed by atoms with van der Waals surface area (Å²) in [4.78, 5) is 8.91. The Morgan fingerprint density at radius 1 is 1.44 bits per heavy atom. The van der Waals surface area contributed by atoms with Crippen molar-refractivity contribution in [3.63, 3.8) is 0 Å². The molecule has 0 spiro atoms. The predicted molar refractivity (Wildman–Crippen MR) is 43.1 cm³/mol. The van der Waals surface area contributed by atoms with Gasteiger partial charge >= 0.3 is 0 Å². The molecular weight excluding hydrogens is 148 g/mol. The normalized spacial score (nSPS) is 12.7. The summed E-state index contributed by atoms with van der Waals surface area (Å²) in [7, 11) is -2.51. The van der Waals surface area contributed by atoms with Crippen LogP contribution in [0.25, 0.3) is 0 Å². The first-order valence-corrected chi connectivity index (χ1v) is 8.63. The highest BCUT2D eigenvalue weighted by Gasteiger charge is 2.15. The van der Waals surface area contributed by atoms with Gasteiger partial charge in [0.15, 0.2) is 8.32 Å². The molecule has 0 aliphatic carbocycles. The summed E-state index contributed by atoms with van der Waals surface area (Å²) in [6.07, 6.45) is 0.584. The average molecular weight is 163 g/mol. The number of hydrogen-bond acceptors (Lipinski definition) is 2. The van der Waals surface area contributed by atoms with Crippen LogP contribution in [-0.2, 0) is 4.43 Å². The number of rotatable bonds is 3. The van der Waals surface area contributed by atoms with Gasteiger partial charge in [0.25, 0.3) is 0 Å². The average Bonchev–Trinajstić information content (AvgIpc) is 1.59. The fraction of sp³-hybridized carbons (Fsp3) is 1.00. The van der Waals surface area contributed by atoms with E-state index in [4.69, 9.17) is 9.22 Å². The minimum absolute atomic E-state index is 0.584. The summed E-state index contributed by atoms with van der Waals surface area (Å²) in [5.41, 5.74) is 0. The van der Waals surface area contributed by atoms with Gasteiger partial charge in [-0.15, -0.1) is 0 Å². The van der Waals surface area contributed by atoms with Crippen LogP contribution in [-0.4, -0.2) is 28.4 Å². The predicted octanol–water partition coefficient (Wildman–Crippen LogP) is 0.991. The Morgan fingerprint density at radius 3 is 2.00 bits per heavy atom. The Bertz CT molecular complexity index is 77.5. The minimum Gasteiger partial charge on any atom is -0.429 e. The first kappa shape index (κ1) is 9.35. The molecule has 0 rings (SSSR count). The molecule has 0 saturated carbocycles. The summed E-state index contributed by atoms with van der Waals surface area (Å²) in [5.74, 6) is 0. The molecule has 0 atom stereocenters. The van der Waals surface area contributed by atoms with Crippen LogP contribution in [0.5, 0.6) is 0 Å². The van der Waals surface area contributed by atoms with E-state index in [9.17, 15) is 0 Å². The van der Waals surface area contributed by atoms with Crippen LogP contribution in [0.2, 0.25) is 26.2 Å². The highest BCUT2D eigenvalue weighted by atomic mass is 28.4. The molecule has 0 aromatic heterocycles. The van der Waals surface area contributed by atoms with Crippen molar-refractivity contribution in [1.82, 2.24) is 0 Å². The third kappa shape index (κ3) is 8.35. The van der Waals surface area contributed by atoms with Gasteiger partial charge in [-0.1, -0.05) is 0 Å². The lowest BCUT2D eigenvalue weighted by Gasteiger charge is -2.16. The molecule has 1 N–H and O–H groups in total. The first-order valence-electron chi connectivity index (χ1n) is 3.07. The smallest absolute Gasteiger partial charge is 0.229 e. The molecule has 0 bridgehead atoms. The maximum absolute atomic E-state index is 8.91. The summed E-state index contributed by atoms with van der Waals surface area (Å²) in [6, 6.07) is 0. The van der Waals surface area contributed by atoms with E-state index in [1.807, 2.05) is 6.55 Å². The molecule has 2 nitrogen and oxygen atoms in total. The second-order valence-electron chi connectivity index (χ2n) is 3.14. The van der Waals surface area contributed by atoms with Crippen LogP contribution in [0.3, 0.4) is 0 Å². The lowest BCUT2D eigenvalue weighted by atomic mass is 11.7. The molecule has 0 aromatic rings. The zero-order chi connectivity index (χ0) is 7.49. The highest BCUT2D eigenvalue weighted by molar-refractivity contribution is 6.70. The van der Waals surface area contributed by atoms with E-state index in [0.29, 0.717) is 6.23 Å². The summed E-state index contributed by atoms with van der Waals surface area (Å²) in [5, 5.41) is 0. The van der Waals surface area contributed by atoms with E-state index < -0.39 is 17.4 Å². The standard InChI is InChI=1S/C5H15O2Si2/c1-8(6)5-7-9(2,3)4/h6H,5H2,1-4H3. The molecule has 0 amide bonds. The third-order valence-corrected chi connectivity index (χ3v) is 2.58.